The predicted octanol–water partition coefficient (Wildman–Crippen LogP) is 2.80. The van der Waals surface area contributed by atoms with Gasteiger partial charge in [-0.1, -0.05) is 35.0 Å². The topological polar surface area (TPSA) is 55.9 Å². The first-order valence-corrected chi connectivity index (χ1v) is 7.59. The van der Waals surface area contributed by atoms with E-state index in [9.17, 15) is 0 Å². The smallest absolute Gasteiger partial charge is 0.0624 e. The van der Waals surface area contributed by atoms with E-state index in [1.54, 1.807) is 0 Å². The third-order valence-electron chi connectivity index (χ3n) is 3.69. The monoisotopic (exact) mass is 336 g/mol. The van der Waals surface area contributed by atoms with Gasteiger partial charge >= 0.3 is 0 Å². The highest BCUT2D eigenvalue weighted by Crippen LogP contribution is 2.26. The number of hydrogen-bond acceptors (Lipinski definition) is 3. The minimum absolute atomic E-state index is 0.0765. The van der Waals surface area contributed by atoms with Crippen molar-refractivity contribution in [2.45, 2.75) is 32.7 Å². The molecule has 0 saturated carbocycles. The van der Waals surface area contributed by atoms with Crippen molar-refractivity contribution >= 4 is 15.9 Å². The van der Waals surface area contributed by atoms with Crippen LogP contribution in [0.5, 0.6) is 0 Å². The van der Waals surface area contributed by atoms with E-state index in [1.807, 2.05) is 23.9 Å². The first kappa shape index (κ1) is 15.2. The van der Waals surface area contributed by atoms with Gasteiger partial charge in [0.2, 0.25) is 0 Å². The van der Waals surface area contributed by atoms with Crippen molar-refractivity contribution in [3.8, 4) is 0 Å². The molecule has 2 rings (SSSR count). The Balaban J connectivity index is 2.28. The molecule has 108 valence electrons. The van der Waals surface area contributed by atoms with Gasteiger partial charge in [-0.05, 0) is 36.6 Å². The van der Waals surface area contributed by atoms with Crippen molar-refractivity contribution in [3.63, 3.8) is 0 Å². The Morgan fingerprint density at radius 3 is 2.80 bits per heavy atom. The quantitative estimate of drug-likeness (QED) is 0.652. The Hall–Kier alpha value is -1.17. The Morgan fingerprint density at radius 1 is 1.45 bits per heavy atom. The zero-order chi connectivity index (χ0) is 14.7. The van der Waals surface area contributed by atoms with E-state index in [0.29, 0.717) is 0 Å². The van der Waals surface area contributed by atoms with Crippen LogP contribution in [0.15, 0.2) is 28.7 Å². The summed E-state index contributed by atoms with van der Waals surface area (Å²) in [5.74, 6) is 5.77. The van der Waals surface area contributed by atoms with Crippen LogP contribution in [0.25, 0.3) is 0 Å². The highest BCUT2D eigenvalue weighted by atomic mass is 79.9. The summed E-state index contributed by atoms with van der Waals surface area (Å²) in [6, 6.07) is 8.43. The minimum Gasteiger partial charge on any atom is -0.272 e. The van der Waals surface area contributed by atoms with E-state index in [-0.39, 0.29) is 6.04 Å². The summed E-state index contributed by atoms with van der Waals surface area (Å²) in [6.07, 6.45) is 1.77. The van der Waals surface area contributed by atoms with Crippen molar-refractivity contribution in [3.05, 3.63) is 51.3 Å². The molecular weight excluding hydrogens is 316 g/mol. The molecule has 0 aliphatic carbocycles. The maximum Gasteiger partial charge on any atom is 0.0624 e. The molecule has 0 aliphatic heterocycles. The fourth-order valence-electron chi connectivity index (χ4n) is 2.40. The Bertz CT molecular complexity index is 592. The normalized spacial score (nSPS) is 12.7. The maximum absolute atomic E-state index is 5.77. The van der Waals surface area contributed by atoms with Gasteiger partial charge in [0.05, 0.1) is 11.7 Å². The van der Waals surface area contributed by atoms with E-state index in [0.717, 1.165) is 23.0 Å². The summed E-state index contributed by atoms with van der Waals surface area (Å²) in [5.41, 5.74) is 7.65. The molecule has 0 bridgehead atoms. The van der Waals surface area contributed by atoms with Crippen molar-refractivity contribution < 1.29 is 0 Å². The summed E-state index contributed by atoms with van der Waals surface area (Å²) in [4.78, 5) is 0. The molecule has 0 radical (unpaired) electrons. The lowest BCUT2D eigenvalue weighted by Gasteiger charge is -2.19. The van der Waals surface area contributed by atoms with Gasteiger partial charge in [0, 0.05) is 23.6 Å². The lowest BCUT2D eigenvalue weighted by molar-refractivity contribution is 0.527. The molecule has 4 nitrogen and oxygen atoms in total. The number of benzene rings is 1. The fourth-order valence-corrected chi connectivity index (χ4v) is 2.79. The Labute approximate surface area is 128 Å². The number of hydrogen-bond donors (Lipinski definition) is 2. The molecule has 3 N–H and O–H groups in total. The molecule has 1 aromatic carbocycles. The molecule has 1 aromatic heterocycles. The van der Waals surface area contributed by atoms with Crippen molar-refractivity contribution in [2.75, 3.05) is 0 Å². The largest absolute Gasteiger partial charge is 0.272 e. The number of aryl methyl sites for hydroxylation is 2. The number of nitrogens with one attached hydrogen (secondary N) is 1. The fraction of sp³-hybridized carbons (Fsp3) is 0.400. The highest BCUT2D eigenvalue weighted by molar-refractivity contribution is 9.10. The third kappa shape index (κ3) is 3.11. The van der Waals surface area contributed by atoms with Gasteiger partial charge in [-0.15, -0.1) is 0 Å². The number of halogens is 1. The summed E-state index contributed by atoms with van der Waals surface area (Å²) >= 11 is 3.57. The van der Waals surface area contributed by atoms with Crippen LogP contribution in [0.1, 0.15) is 35.5 Å². The van der Waals surface area contributed by atoms with Crippen LogP contribution < -0.4 is 11.3 Å². The summed E-state index contributed by atoms with van der Waals surface area (Å²) < 4.78 is 3.05. The Kier molecular flexibility index (Phi) is 4.96. The number of aromatic nitrogens is 2. The molecule has 0 aliphatic rings. The Morgan fingerprint density at radius 2 is 2.20 bits per heavy atom. The molecule has 0 fully saturated rings. The first-order valence-electron chi connectivity index (χ1n) is 6.79. The predicted molar refractivity (Wildman–Crippen MR) is 85.2 cm³/mol. The maximum atomic E-state index is 5.77. The molecule has 2 aromatic rings. The molecule has 1 atom stereocenters. The average Bonchev–Trinajstić information content (AvgIpc) is 2.80. The standard InChI is InChI=1S/C15H21BrN4/c1-4-11-8-12(20(3)19-11)9-15(18-17)13-6-5-7-14(16)10(13)2/h5-8,15,18H,4,9,17H2,1-3H3. The van der Waals surface area contributed by atoms with Crippen LogP contribution in [0, 0.1) is 6.92 Å². The van der Waals surface area contributed by atoms with Crippen molar-refractivity contribution in [1.82, 2.24) is 15.2 Å². The second-order valence-electron chi connectivity index (χ2n) is 4.98. The van der Waals surface area contributed by atoms with Crippen LogP contribution in [0.4, 0.5) is 0 Å². The number of hydrazine groups is 1. The zero-order valence-corrected chi connectivity index (χ0v) is 13.7. The van der Waals surface area contributed by atoms with E-state index in [4.69, 9.17) is 5.84 Å². The highest BCUT2D eigenvalue weighted by Gasteiger charge is 2.16. The molecule has 0 spiro atoms. The van der Waals surface area contributed by atoms with Crippen LogP contribution >= 0.6 is 15.9 Å². The molecule has 5 heteroatoms. The summed E-state index contributed by atoms with van der Waals surface area (Å²) in [5, 5.41) is 4.49. The molecule has 1 heterocycles. The van der Waals surface area contributed by atoms with E-state index >= 15 is 0 Å². The lowest BCUT2D eigenvalue weighted by Crippen LogP contribution is -2.30. The van der Waals surface area contributed by atoms with Gasteiger partial charge in [-0.2, -0.15) is 5.10 Å². The summed E-state index contributed by atoms with van der Waals surface area (Å²) in [7, 11) is 1.98. The van der Waals surface area contributed by atoms with Crippen LogP contribution in [-0.4, -0.2) is 9.78 Å². The average molecular weight is 337 g/mol. The summed E-state index contributed by atoms with van der Waals surface area (Å²) in [6.45, 7) is 4.22. The number of rotatable bonds is 5. The van der Waals surface area contributed by atoms with E-state index < -0.39 is 0 Å². The SMILES string of the molecule is CCc1cc(CC(NN)c2cccc(Br)c2C)n(C)n1. The second kappa shape index (κ2) is 6.52. The number of nitrogens with two attached hydrogens (primary N) is 1. The van der Waals surface area contributed by atoms with Crippen LogP contribution in [-0.2, 0) is 19.9 Å². The van der Waals surface area contributed by atoms with Gasteiger partial charge < -0.3 is 0 Å². The van der Waals surface area contributed by atoms with Crippen LogP contribution in [0.2, 0.25) is 0 Å². The molecule has 0 saturated heterocycles. The van der Waals surface area contributed by atoms with E-state index in [1.165, 1.54) is 16.8 Å². The van der Waals surface area contributed by atoms with E-state index in [2.05, 4.69) is 52.4 Å². The number of nitrogens with zero attached hydrogens (tertiary/aromatic N) is 2. The van der Waals surface area contributed by atoms with Gasteiger partial charge in [-0.25, -0.2) is 0 Å². The van der Waals surface area contributed by atoms with Crippen molar-refractivity contribution in [1.29, 1.82) is 0 Å². The molecule has 0 amide bonds. The second-order valence-corrected chi connectivity index (χ2v) is 5.84. The van der Waals surface area contributed by atoms with Gasteiger partial charge in [0.15, 0.2) is 0 Å². The van der Waals surface area contributed by atoms with Crippen LogP contribution in [0.3, 0.4) is 0 Å². The van der Waals surface area contributed by atoms with Gasteiger partial charge in [0.25, 0.3) is 0 Å². The molecule has 20 heavy (non-hydrogen) atoms. The minimum atomic E-state index is 0.0765. The first-order chi connectivity index (χ1) is 9.56. The molecule has 1 unspecified atom stereocenters. The van der Waals surface area contributed by atoms with Gasteiger partial charge in [-0.3, -0.25) is 16.0 Å². The van der Waals surface area contributed by atoms with Crippen molar-refractivity contribution in [2.24, 2.45) is 12.9 Å². The third-order valence-corrected chi connectivity index (χ3v) is 4.55. The lowest BCUT2D eigenvalue weighted by atomic mass is 9.98. The zero-order valence-electron chi connectivity index (χ0n) is 12.2. The molecular formula is C15H21BrN4. The van der Waals surface area contributed by atoms with Gasteiger partial charge in [0.1, 0.15) is 0 Å².